The number of nitrogens with zero attached hydrogens (tertiary/aromatic N) is 1. The van der Waals surface area contributed by atoms with Gasteiger partial charge in [0.05, 0.1) is 0 Å². The van der Waals surface area contributed by atoms with Gasteiger partial charge in [-0.05, 0) is 18.9 Å². The van der Waals surface area contributed by atoms with E-state index in [0.29, 0.717) is 18.0 Å². The Labute approximate surface area is 86.2 Å². The minimum atomic E-state index is 0.0528. The van der Waals surface area contributed by atoms with E-state index in [1.165, 1.54) is 6.08 Å². The Morgan fingerprint density at radius 1 is 1.64 bits per heavy atom. The minimum Gasteiger partial charge on any atom is -0.333 e. The molecule has 1 rings (SSSR count). The second-order valence-electron chi connectivity index (χ2n) is 4.32. The molecule has 1 fully saturated rings. The Kier molecular flexibility index (Phi) is 3.69. The smallest absolute Gasteiger partial charge is 0.246 e. The predicted molar refractivity (Wildman–Crippen MR) is 58.0 cm³/mol. The van der Waals surface area contributed by atoms with Crippen molar-refractivity contribution >= 4 is 5.91 Å². The quantitative estimate of drug-likeness (QED) is 0.669. The van der Waals surface area contributed by atoms with Crippen LogP contribution >= 0.6 is 0 Å². The van der Waals surface area contributed by atoms with E-state index < -0.39 is 0 Å². The van der Waals surface area contributed by atoms with Gasteiger partial charge in [-0.25, -0.2) is 0 Å². The first-order valence-corrected chi connectivity index (χ1v) is 5.22. The zero-order chi connectivity index (χ0) is 10.7. The first-order chi connectivity index (χ1) is 6.56. The summed E-state index contributed by atoms with van der Waals surface area (Å²) in [6.45, 7) is 11.6. The van der Waals surface area contributed by atoms with Gasteiger partial charge in [-0.15, -0.1) is 0 Å². The summed E-state index contributed by atoms with van der Waals surface area (Å²) in [6, 6.07) is 0.686. The number of nitrogens with one attached hydrogen (secondary N) is 1. The summed E-state index contributed by atoms with van der Waals surface area (Å²) < 4.78 is 0. The lowest BCUT2D eigenvalue weighted by Crippen LogP contribution is -2.58. The van der Waals surface area contributed by atoms with Crippen molar-refractivity contribution in [3.05, 3.63) is 12.7 Å². The zero-order valence-corrected chi connectivity index (χ0v) is 9.29. The van der Waals surface area contributed by atoms with Crippen LogP contribution in [0.25, 0.3) is 0 Å². The maximum atomic E-state index is 11.6. The first-order valence-electron chi connectivity index (χ1n) is 5.22. The van der Waals surface area contributed by atoms with Crippen LogP contribution in [0.5, 0.6) is 0 Å². The summed E-state index contributed by atoms with van der Waals surface area (Å²) in [7, 11) is 0. The highest BCUT2D eigenvalue weighted by Crippen LogP contribution is 2.15. The molecule has 0 aromatic heterocycles. The highest BCUT2D eigenvalue weighted by Gasteiger charge is 2.29. The van der Waals surface area contributed by atoms with Crippen molar-refractivity contribution in [2.24, 2.45) is 5.92 Å². The Bertz CT molecular complexity index is 225. The topological polar surface area (TPSA) is 32.3 Å². The van der Waals surface area contributed by atoms with Crippen LogP contribution in [0.15, 0.2) is 12.7 Å². The van der Waals surface area contributed by atoms with Crippen molar-refractivity contribution in [1.29, 1.82) is 0 Å². The number of amides is 1. The lowest BCUT2D eigenvalue weighted by Gasteiger charge is -2.41. The van der Waals surface area contributed by atoms with Crippen molar-refractivity contribution in [2.75, 3.05) is 13.1 Å². The van der Waals surface area contributed by atoms with E-state index in [0.717, 1.165) is 13.1 Å². The zero-order valence-electron chi connectivity index (χ0n) is 9.29. The van der Waals surface area contributed by atoms with Crippen molar-refractivity contribution in [3.63, 3.8) is 0 Å². The molecule has 1 N–H and O–H groups in total. The molecule has 3 nitrogen and oxygen atoms in total. The second-order valence-corrected chi connectivity index (χ2v) is 4.32. The Balaban J connectivity index is 2.73. The molecule has 1 amide bonds. The monoisotopic (exact) mass is 196 g/mol. The molecular formula is C11H20N2O. The molecule has 0 aromatic carbocycles. The molecular weight excluding hydrogens is 176 g/mol. The molecule has 0 aromatic rings. The lowest BCUT2D eigenvalue weighted by molar-refractivity contribution is -0.130. The molecule has 80 valence electrons. The first kappa shape index (κ1) is 11.2. The van der Waals surface area contributed by atoms with Crippen LogP contribution in [0, 0.1) is 5.92 Å². The molecule has 3 heteroatoms. The second kappa shape index (κ2) is 4.60. The fourth-order valence-corrected chi connectivity index (χ4v) is 1.89. The maximum Gasteiger partial charge on any atom is 0.246 e. The Morgan fingerprint density at radius 2 is 2.29 bits per heavy atom. The van der Waals surface area contributed by atoms with Crippen LogP contribution in [0.1, 0.15) is 20.8 Å². The average molecular weight is 196 g/mol. The van der Waals surface area contributed by atoms with Crippen molar-refractivity contribution in [1.82, 2.24) is 10.2 Å². The third kappa shape index (κ3) is 2.35. The van der Waals surface area contributed by atoms with E-state index in [-0.39, 0.29) is 5.91 Å². The van der Waals surface area contributed by atoms with Crippen LogP contribution < -0.4 is 5.32 Å². The van der Waals surface area contributed by atoms with E-state index in [1.54, 1.807) is 0 Å². The molecule has 2 atom stereocenters. The van der Waals surface area contributed by atoms with Gasteiger partial charge in [0, 0.05) is 25.2 Å². The maximum absolute atomic E-state index is 11.6. The highest BCUT2D eigenvalue weighted by molar-refractivity contribution is 5.87. The summed E-state index contributed by atoms with van der Waals surface area (Å²) in [5.74, 6) is 0.538. The van der Waals surface area contributed by atoms with Crippen LogP contribution in [-0.2, 0) is 4.79 Å². The van der Waals surface area contributed by atoms with E-state index in [2.05, 4.69) is 32.7 Å². The SMILES string of the molecule is C=CC(=O)N1C[C@H](C)NC[C@H]1C(C)C. The van der Waals surface area contributed by atoms with Gasteiger partial charge in [0.1, 0.15) is 0 Å². The molecule has 0 aliphatic carbocycles. The van der Waals surface area contributed by atoms with Gasteiger partial charge >= 0.3 is 0 Å². The van der Waals surface area contributed by atoms with Crippen LogP contribution in [-0.4, -0.2) is 36.0 Å². The summed E-state index contributed by atoms with van der Waals surface area (Å²) in [4.78, 5) is 13.5. The Hall–Kier alpha value is -0.830. The molecule has 1 saturated heterocycles. The molecule has 1 aliphatic heterocycles. The highest BCUT2D eigenvalue weighted by atomic mass is 16.2. The van der Waals surface area contributed by atoms with Gasteiger partial charge in [0.15, 0.2) is 0 Å². The number of hydrogen-bond acceptors (Lipinski definition) is 2. The van der Waals surface area contributed by atoms with Crippen molar-refractivity contribution in [2.45, 2.75) is 32.9 Å². The Morgan fingerprint density at radius 3 is 2.79 bits per heavy atom. The number of piperazine rings is 1. The number of carbonyl (C=O) groups excluding carboxylic acids is 1. The third-order valence-corrected chi connectivity index (χ3v) is 2.77. The summed E-state index contributed by atoms with van der Waals surface area (Å²) in [6.07, 6.45) is 1.41. The molecule has 1 aliphatic rings. The fourth-order valence-electron chi connectivity index (χ4n) is 1.89. The van der Waals surface area contributed by atoms with Gasteiger partial charge in [-0.3, -0.25) is 4.79 Å². The standard InChI is InChI=1S/C11H20N2O/c1-5-11(14)13-7-9(4)12-6-10(13)8(2)3/h5,8-10,12H,1,6-7H2,2-4H3/t9-,10-/m0/s1. The summed E-state index contributed by atoms with van der Waals surface area (Å²) in [5, 5.41) is 3.39. The molecule has 0 unspecified atom stereocenters. The number of hydrogen-bond donors (Lipinski definition) is 1. The molecule has 0 radical (unpaired) electrons. The molecule has 0 spiro atoms. The van der Waals surface area contributed by atoms with Crippen molar-refractivity contribution < 1.29 is 4.79 Å². The lowest BCUT2D eigenvalue weighted by atomic mass is 9.98. The van der Waals surface area contributed by atoms with E-state index >= 15 is 0 Å². The predicted octanol–water partition coefficient (Wildman–Crippen LogP) is 1.02. The van der Waals surface area contributed by atoms with Crippen LogP contribution in [0.3, 0.4) is 0 Å². The van der Waals surface area contributed by atoms with E-state index in [4.69, 9.17) is 0 Å². The van der Waals surface area contributed by atoms with Gasteiger partial charge in [-0.2, -0.15) is 0 Å². The van der Waals surface area contributed by atoms with Gasteiger partial charge < -0.3 is 10.2 Å². The van der Waals surface area contributed by atoms with E-state index in [9.17, 15) is 4.79 Å². The van der Waals surface area contributed by atoms with Gasteiger partial charge in [0.25, 0.3) is 0 Å². The van der Waals surface area contributed by atoms with Gasteiger partial charge in [-0.1, -0.05) is 20.4 Å². The largest absolute Gasteiger partial charge is 0.333 e. The van der Waals surface area contributed by atoms with Crippen molar-refractivity contribution in [3.8, 4) is 0 Å². The number of carbonyl (C=O) groups is 1. The minimum absolute atomic E-state index is 0.0528. The molecule has 0 bridgehead atoms. The summed E-state index contributed by atoms with van der Waals surface area (Å²) in [5.41, 5.74) is 0. The third-order valence-electron chi connectivity index (χ3n) is 2.77. The average Bonchev–Trinajstić information content (AvgIpc) is 2.16. The fraction of sp³-hybridized carbons (Fsp3) is 0.727. The molecule has 1 heterocycles. The van der Waals surface area contributed by atoms with Crippen LogP contribution in [0.4, 0.5) is 0 Å². The summed E-state index contributed by atoms with van der Waals surface area (Å²) >= 11 is 0. The van der Waals surface area contributed by atoms with E-state index in [1.807, 2.05) is 4.90 Å². The normalized spacial score (nSPS) is 27.9. The number of rotatable bonds is 2. The molecule has 0 saturated carbocycles. The van der Waals surface area contributed by atoms with Gasteiger partial charge in [0.2, 0.25) is 5.91 Å². The molecule has 14 heavy (non-hydrogen) atoms. The van der Waals surface area contributed by atoms with Crippen LogP contribution in [0.2, 0.25) is 0 Å².